The summed E-state index contributed by atoms with van der Waals surface area (Å²) in [5.41, 5.74) is 1.02. The number of sulfonamides is 1. The Kier molecular flexibility index (Phi) is 5.63. The van der Waals surface area contributed by atoms with Crippen molar-refractivity contribution >= 4 is 33.0 Å². The summed E-state index contributed by atoms with van der Waals surface area (Å²) >= 11 is 1.02. The number of aryl methyl sites for hydroxylation is 1. The third kappa shape index (κ3) is 3.98. The zero-order valence-corrected chi connectivity index (χ0v) is 17.7. The summed E-state index contributed by atoms with van der Waals surface area (Å²) < 4.78 is 41.4. The molecule has 156 valence electrons. The third-order valence-electron chi connectivity index (χ3n) is 4.87. The smallest absolute Gasteiger partial charge is 0.286 e. The highest BCUT2D eigenvalue weighted by Crippen LogP contribution is 2.37. The van der Waals surface area contributed by atoms with Crippen LogP contribution >= 0.6 is 11.3 Å². The Labute approximate surface area is 177 Å². The molecule has 10 heteroatoms. The van der Waals surface area contributed by atoms with Crippen LogP contribution in [0.2, 0.25) is 0 Å². The molecule has 1 N–H and O–H groups in total. The van der Waals surface area contributed by atoms with Crippen molar-refractivity contribution in [1.29, 1.82) is 0 Å². The van der Waals surface area contributed by atoms with E-state index in [0.717, 1.165) is 16.9 Å². The van der Waals surface area contributed by atoms with Gasteiger partial charge in [0.1, 0.15) is 10.8 Å². The van der Waals surface area contributed by atoms with Crippen LogP contribution in [0.4, 0.5) is 10.1 Å². The molecule has 7 nitrogen and oxygen atoms in total. The zero-order chi connectivity index (χ0) is 21.3. The van der Waals surface area contributed by atoms with Gasteiger partial charge >= 0.3 is 0 Å². The molecule has 1 aromatic heterocycles. The Bertz CT molecular complexity index is 1180. The molecule has 30 heavy (non-hydrogen) atoms. The predicted molar refractivity (Wildman–Crippen MR) is 111 cm³/mol. The Morgan fingerprint density at radius 1 is 1.17 bits per heavy atom. The quantitative estimate of drug-likeness (QED) is 0.644. The van der Waals surface area contributed by atoms with E-state index < -0.39 is 27.8 Å². The second kappa shape index (κ2) is 8.21. The van der Waals surface area contributed by atoms with Crippen molar-refractivity contribution in [2.45, 2.75) is 30.7 Å². The number of para-hydroxylation sites is 1. The molecule has 1 aliphatic heterocycles. The first-order valence-electron chi connectivity index (χ1n) is 9.34. The van der Waals surface area contributed by atoms with E-state index in [1.54, 1.807) is 30.3 Å². The molecule has 0 spiro atoms. The maximum absolute atomic E-state index is 13.8. The van der Waals surface area contributed by atoms with Gasteiger partial charge in [-0.2, -0.15) is 4.31 Å². The number of hydrogen-bond donors (Lipinski definition) is 1. The summed E-state index contributed by atoms with van der Waals surface area (Å²) in [7, 11) is -3.70. The van der Waals surface area contributed by atoms with Gasteiger partial charge in [-0.3, -0.25) is 4.79 Å². The van der Waals surface area contributed by atoms with Crippen LogP contribution in [0, 0.1) is 12.7 Å². The van der Waals surface area contributed by atoms with Gasteiger partial charge in [0, 0.05) is 6.54 Å². The number of hydrogen-bond acceptors (Lipinski definition) is 6. The molecule has 1 aliphatic rings. The average Bonchev–Trinajstić information content (AvgIpc) is 3.40. The van der Waals surface area contributed by atoms with Gasteiger partial charge in [-0.15, -0.1) is 10.2 Å². The second-order valence-corrected chi connectivity index (χ2v) is 9.87. The fraction of sp³-hybridized carbons (Fsp3) is 0.250. The number of nitrogens with zero attached hydrogens (tertiary/aromatic N) is 3. The lowest BCUT2D eigenvalue weighted by Gasteiger charge is -2.22. The fourth-order valence-electron chi connectivity index (χ4n) is 3.32. The van der Waals surface area contributed by atoms with Crippen molar-refractivity contribution in [1.82, 2.24) is 14.5 Å². The van der Waals surface area contributed by atoms with Gasteiger partial charge in [-0.25, -0.2) is 12.8 Å². The number of carbonyl (C=O) groups excluding carboxylic acids is 1. The number of amides is 1. The SMILES string of the molecule is Cc1ccc(S(=O)(=O)N2CCC[C@@H]2c2nnc(C(=O)Nc3ccccc3F)s2)cc1. The Morgan fingerprint density at radius 3 is 2.63 bits per heavy atom. The summed E-state index contributed by atoms with van der Waals surface area (Å²) in [4.78, 5) is 12.6. The van der Waals surface area contributed by atoms with Crippen molar-refractivity contribution in [3.8, 4) is 0 Å². The van der Waals surface area contributed by atoms with E-state index in [4.69, 9.17) is 0 Å². The van der Waals surface area contributed by atoms with Gasteiger partial charge in [0.25, 0.3) is 5.91 Å². The van der Waals surface area contributed by atoms with E-state index in [0.29, 0.717) is 24.4 Å². The molecular formula is C20H19FN4O3S2. The zero-order valence-electron chi connectivity index (χ0n) is 16.1. The number of aromatic nitrogens is 2. The number of anilines is 1. The van der Waals surface area contributed by atoms with Crippen molar-refractivity contribution < 1.29 is 17.6 Å². The van der Waals surface area contributed by atoms with E-state index in [1.165, 1.54) is 22.5 Å². The van der Waals surface area contributed by atoms with E-state index in [1.807, 2.05) is 6.92 Å². The van der Waals surface area contributed by atoms with Crippen LogP contribution in [0.15, 0.2) is 53.4 Å². The number of halogens is 1. The Balaban J connectivity index is 1.55. The summed E-state index contributed by atoms with van der Waals surface area (Å²) in [6, 6.07) is 12.0. The van der Waals surface area contributed by atoms with Crippen LogP contribution in [0.3, 0.4) is 0 Å². The Morgan fingerprint density at radius 2 is 1.90 bits per heavy atom. The monoisotopic (exact) mass is 446 g/mol. The molecule has 0 radical (unpaired) electrons. The lowest BCUT2D eigenvalue weighted by Crippen LogP contribution is -2.30. The molecule has 2 heterocycles. The van der Waals surface area contributed by atoms with Crippen LogP contribution in [0.1, 0.15) is 39.3 Å². The van der Waals surface area contributed by atoms with E-state index in [-0.39, 0.29) is 15.6 Å². The van der Waals surface area contributed by atoms with Crippen LogP contribution in [-0.4, -0.2) is 35.4 Å². The van der Waals surface area contributed by atoms with Crippen molar-refractivity contribution in [3.63, 3.8) is 0 Å². The van der Waals surface area contributed by atoms with E-state index in [9.17, 15) is 17.6 Å². The molecule has 1 amide bonds. The lowest BCUT2D eigenvalue weighted by atomic mass is 10.2. The van der Waals surface area contributed by atoms with E-state index in [2.05, 4.69) is 15.5 Å². The van der Waals surface area contributed by atoms with Crippen LogP contribution in [0.25, 0.3) is 0 Å². The first-order chi connectivity index (χ1) is 14.4. The molecule has 0 saturated carbocycles. The van der Waals surface area contributed by atoms with Crippen LogP contribution in [0.5, 0.6) is 0 Å². The first kappa shape index (κ1) is 20.6. The molecule has 3 aromatic rings. The fourth-order valence-corrected chi connectivity index (χ4v) is 5.93. The van der Waals surface area contributed by atoms with Gasteiger partial charge in [-0.1, -0.05) is 41.2 Å². The molecular weight excluding hydrogens is 427 g/mol. The van der Waals surface area contributed by atoms with Crippen molar-refractivity contribution in [2.24, 2.45) is 0 Å². The predicted octanol–water partition coefficient (Wildman–Crippen LogP) is 3.76. The normalized spacial score (nSPS) is 17.2. The second-order valence-electron chi connectivity index (χ2n) is 6.97. The first-order valence-corrected chi connectivity index (χ1v) is 11.6. The van der Waals surface area contributed by atoms with Crippen molar-refractivity contribution in [2.75, 3.05) is 11.9 Å². The van der Waals surface area contributed by atoms with Crippen LogP contribution < -0.4 is 5.32 Å². The minimum Gasteiger partial charge on any atom is -0.317 e. The third-order valence-corrected chi connectivity index (χ3v) is 7.82. The van der Waals surface area contributed by atoms with Gasteiger partial charge in [0.15, 0.2) is 0 Å². The molecule has 2 aromatic carbocycles. The molecule has 1 fully saturated rings. The molecule has 1 atom stereocenters. The number of carbonyl (C=O) groups is 1. The maximum Gasteiger partial charge on any atom is 0.286 e. The number of rotatable bonds is 5. The molecule has 0 unspecified atom stereocenters. The highest BCUT2D eigenvalue weighted by Gasteiger charge is 2.38. The topological polar surface area (TPSA) is 92.3 Å². The van der Waals surface area contributed by atoms with Gasteiger partial charge < -0.3 is 5.32 Å². The van der Waals surface area contributed by atoms with Gasteiger partial charge in [0.05, 0.1) is 16.6 Å². The molecule has 0 bridgehead atoms. The number of nitrogens with one attached hydrogen (secondary N) is 1. The molecule has 1 saturated heterocycles. The minimum atomic E-state index is -3.70. The average molecular weight is 447 g/mol. The summed E-state index contributed by atoms with van der Waals surface area (Å²) in [6.45, 7) is 2.27. The van der Waals surface area contributed by atoms with Gasteiger partial charge in [0.2, 0.25) is 15.0 Å². The highest BCUT2D eigenvalue weighted by molar-refractivity contribution is 7.89. The standard InChI is InChI=1S/C20H19FN4O3S2/c1-13-8-10-14(11-9-13)30(27,28)25-12-4-7-17(25)19-23-24-20(29-19)18(26)22-16-6-3-2-5-15(16)21/h2-3,5-6,8-11,17H,4,7,12H2,1H3,(H,22,26)/t17-/m1/s1. The van der Waals surface area contributed by atoms with Gasteiger partial charge in [-0.05, 0) is 44.0 Å². The molecule has 0 aliphatic carbocycles. The number of benzene rings is 2. The van der Waals surface area contributed by atoms with Crippen LogP contribution in [-0.2, 0) is 10.0 Å². The van der Waals surface area contributed by atoms with E-state index >= 15 is 0 Å². The highest BCUT2D eigenvalue weighted by atomic mass is 32.2. The summed E-state index contributed by atoms with van der Waals surface area (Å²) in [5.74, 6) is -1.14. The summed E-state index contributed by atoms with van der Waals surface area (Å²) in [5, 5.41) is 10.9. The molecule has 4 rings (SSSR count). The summed E-state index contributed by atoms with van der Waals surface area (Å²) in [6.07, 6.45) is 1.28. The largest absolute Gasteiger partial charge is 0.317 e. The minimum absolute atomic E-state index is 0.0451. The Hall–Kier alpha value is -2.69. The lowest BCUT2D eigenvalue weighted by molar-refractivity contribution is 0.102. The van der Waals surface area contributed by atoms with Crippen molar-refractivity contribution in [3.05, 3.63) is 69.9 Å². The maximum atomic E-state index is 13.8.